The Hall–Kier alpha value is -3.79. The van der Waals surface area contributed by atoms with Crippen LogP contribution in [0.1, 0.15) is 26.3 Å². The maximum absolute atomic E-state index is 14.7. The predicted octanol–water partition coefficient (Wildman–Crippen LogP) is 4.51. The van der Waals surface area contributed by atoms with Crippen LogP contribution in [-0.4, -0.2) is 19.5 Å². The maximum Gasteiger partial charge on any atom is 0.219 e. The van der Waals surface area contributed by atoms with E-state index in [4.69, 9.17) is 10.7 Å². The van der Waals surface area contributed by atoms with Crippen LogP contribution in [0.4, 0.5) is 10.3 Å². The first-order valence-corrected chi connectivity index (χ1v) is 9.09. The van der Waals surface area contributed by atoms with E-state index in [0.717, 1.165) is 16.6 Å². The number of halogens is 1. The highest BCUT2D eigenvalue weighted by Gasteiger charge is 2.24. The molecule has 0 saturated carbocycles. The van der Waals surface area contributed by atoms with E-state index in [2.05, 4.69) is 16.0 Å². The molecule has 4 aromatic rings. The summed E-state index contributed by atoms with van der Waals surface area (Å²) in [6.45, 7) is 6.10. The summed E-state index contributed by atoms with van der Waals surface area (Å²) in [6, 6.07) is 12.2. The lowest BCUT2D eigenvalue weighted by atomic mass is 10.0. The van der Waals surface area contributed by atoms with Gasteiger partial charge in [0.1, 0.15) is 11.6 Å². The highest BCUT2D eigenvalue weighted by Crippen LogP contribution is 2.34. The normalized spacial score (nSPS) is 11.6. The average Bonchev–Trinajstić information content (AvgIpc) is 3.07. The molecule has 0 amide bonds. The fourth-order valence-corrected chi connectivity index (χ4v) is 3.37. The van der Waals surface area contributed by atoms with Crippen molar-refractivity contribution in [3.8, 4) is 28.6 Å². The molecule has 0 saturated heterocycles. The zero-order valence-electron chi connectivity index (χ0n) is 16.3. The van der Waals surface area contributed by atoms with Gasteiger partial charge in [-0.1, -0.05) is 6.07 Å². The molecule has 0 bridgehead atoms. The smallest absolute Gasteiger partial charge is 0.219 e. The molecule has 29 heavy (non-hydrogen) atoms. The quantitative estimate of drug-likeness (QED) is 0.547. The van der Waals surface area contributed by atoms with Crippen LogP contribution in [-0.2, 0) is 5.54 Å². The van der Waals surface area contributed by atoms with Crippen LogP contribution < -0.4 is 5.73 Å². The molecule has 2 aromatic carbocycles. The van der Waals surface area contributed by atoms with Gasteiger partial charge in [-0.25, -0.2) is 19.3 Å². The summed E-state index contributed by atoms with van der Waals surface area (Å²) in [4.78, 5) is 12.8. The lowest BCUT2D eigenvalue weighted by Crippen LogP contribution is -2.22. The van der Waals surface area contributed by atoms with Crippen molar-refractivity contribution in [1.29, 1.82) is 5.26 Å². The third-order valence-electron chi connectivity index (χ3n) is 4.67. The molecule has 4 rings (SSSR count). The first-order chi connectivity index (χ1) is 13.8. The number of rotatable bonds is 2. The zero-order chi connectivity index (χ0) is 20.8. The number of anilines is 1. The van der Waals surface area contributed by atoms with Crippen molar-refractivity contribution in [2.24, 2.45) is 0 Å². The van der Waals surface area contributed by atoms with Gasteiger partial charge in [0.15, 0.2) is 0 Å². The second-order valence-corrected chi connectivity index (χ2v) is 7.78. The van der Waals surface area contributed by atoms with Crippen LogP contribution in [0.5, 0.6) is 0 Å². The minimum Gasteiger partial charge on any atom is -0.368 e. The van der Waals surface area contributed by atoms with Crippen molar-refractivity contribution in [2.45, 2.75) is 26.3 Å². The monoisotopic (exact) mass is 386 g/mol. The van der Waals surface area contributed by atoms with Gasteiger partial charge in [0.05, 0.1) is 28.2 Å². The van der Waals surface area contributed by atoms with E-state index in [-0.39, 0.29) is 11.5 Å². The maximum atomic E-state index is 14.7. The van der Waals surface area contributed by atoms with Crippen LogP contribution in [0, 0.1) is 17.1 Å². The number of fused-ring (bicyclic) bond motifs is 1. The zero-order valence-corrected chi connectivity index (χ0v) is 16.3. The molecular formula is C22H19FN6. The molecule has 6 nitrogen and oxygen atoms in total. The molecule has 0 aliphatic carbocycles. The molecule has 144 valence electrons. The molecule has 2 N–H and O–H groups in total. The van der Waals surface area contributed by atoms with Crippen molar-refractivity contribution in [2.75, 3.05) is 5.73 Å². The molecule has 0 unspecified atom stereocenters. The predicted molar refractivity (Wildman–Crippen MR) is 110 cm³/mol. The Kier molecular flexibility index (Phi) is 4.27. The number of nitrogens with two attached hydrogens (primary N) is 1. The average molecular weight is 386 g/mol. The summed E-state index contributed by atoms with van der Waals surface area (Å²) in [5.41, 5.74) is 9.18. The highest BCUT2D eigenvalue weighted by molar-refractivity contribution is 5.86. The minimum absolute atomic E-state index is 0.210. The summed E-state index contributed by atoms with van der Waals surface area (Å²) in [7, 11) is 0. The fourth-order valence-electron chi connectivity index (χ4n) is 3.37. The van der Waals surface area contributed by atoms with E-state index in [1.165, 1.54) is 18.2 Å². The van der Waals surface area contributed by atoms with Gasteiger partial charge in [-0.3, -0.25) is 0 Å². The molecule has 0 radical (unpaired) electrons. The number of benzene rings is 2. The first-order valence-electron chi connectivity index (χ1n) is 9.09. The number of hydrogen-bond acceptors (Lipinski definition) is 5. The van der Waals surface area contributed by atoms with Crippen LogP contribution >= 0.6 is 0 Å². The lowest BCUT2D eigenvalue weighted by Gasteiger charge is -2.25. The van der Waals surface area contributed by atoms with E-state index in [1.54, 1.807) is 12.4 Å². The number of aromatic nitrogens is 4. The Labute approximate surface area is 167 Å². The lowest BCUT2D eigenvalue weighted by molar-refractivity contribution is 0.412. The topological polar surface area (TPSA) is 93.4 Å². The van der Waals surface area contributed by atoms with E-state index < -0.39 is 5.82 Å². The van der Waals surface area contributed by atoms with Crippen LogP contribution in [0.25, 0.3) is 33.5 Å². The highest BCUT2D eigenvalue weighted by atomic mass is 19.1. The van der Waals surface area contributed by atoms with E-state index in [0.29, 0.717) is 22.5 Å². The summed E-state index contributed by atoms with van der Waals surface area (Å²) < 4.78 is 16.7. The molecule has 2 aromatic heterocycles. The van der Waals surface area contributed by atoms with E-state index in [9.17, 15) is 9.65 Å². The summed E-state index contributed by atoms with van der Waals surface area (Å²) in [6.07, 6.45) is 3.31. The third-order valence-corrected chi connectivity index (χ3v) is 4.67. The molecule has 0 spiro atoms. The van der Waals surface area contributed by atoms with Gasteiger partial charge in [-0.05, 0) is 56.7 Å². The number of nitriles is 1. The Morgan fingerprint density at radius 3 is 2.41 bits per heavy atom. The Morgan fingerprint density at radius 2 is 1.76 bits per heavy atom. The van der Waals surface area contributed by atoms with Crippen molar-refractivity contribution < 1.29 is 4.39 Å². The number of nitrogen functional groups attached to an aromatic ring is 1. The van der Waals surface area contributed by atoms with Gasteiger partial charge in [0, 0.05) is 23.5 Å². The van der Waals surface area contributed by atoms with Crippen LogP contribution in [0.3, 0.4) is 0 Å². The number of nitrogens with zero attached hydrogens (tertiary/aromatic N) is 5. The standard InChI is InChI=1S/C22H19FN6/c1-22(2,3)29-19-7-5-14(15-11-26-21(25)27-12-15)9-18(19)28-20(29)16-8-13(10-24)4-6-17(16)23/h4-9,11-12H,1-3H3,(H2,25,26,27). The fraction of sp³-hybridized carbons (Fsp3) is 0.182. The number of hydrogen-bond donors (Lipinski definition) is 1. The van der Waals surface area contributed by atoms with Crippen molar-refractivity contribution in [3.05, 3.63) is 60.2 Å². The summed E-state index contributed by atoms with van der Waals surface area (Å²) in [5.74, 6) is 0.270. The van der Waals surface area contributed by atoms with Crippen molar-refractivity contribution in [3.63, 3.8) is 0 Å². The van der Waals surface area contributed by atoms with Gasteiger partial charge in [0.2, 0.25) is 5.95 Å². The Balaban J connectivity index is 1.97. The van der Waals surface area contributed by atoms with Gasteiger partial charge < -0.3 is 10.3 Å². The molecule has 2 heterocycles. The van der Waals surface area contributed by atoms with Crippen LogP contribution in [0.15, 0.2) is 48.8 Å². The second-order valence-electron chi connectivity index (χ2n) is 7.78. The molecular weight excluding hydrogens is 367 g/mol. The van der Waals surface area contributed by atoms with E-state index >= 15 is 0 Å². The summed E-state index contributed by atoms with van der Waals surface area (Å²) >= 11 is 0. The molecule has 0 aliphatic heterocycles. The largest absolute Gasteiger partial charge is 0.368 e. The van der Waals surface area contributed by atoms with Crippen molar-refractivity contribution in [1.82, 2.24) is 19.5 Å². The number of imidazole rings is 1. The molecule has 0 atom stereocenters. The minimum atomic E-state index is -0.419. The first kappa shape index (κ1) is 18.6. The molecule has 0 aliphatic rings. The summed E-state index contributed by atoms with van der Waals surface area (Å²) in [5, 5.41) is 9.23. The van der Waals surface area contributed by atoms with Gasteiger partial charge in [-0.15, -0.1) is 0 Å². The Bertz CT molecular complexity index is 1260. The Morgan fingerprint density at radius 1 is 1.03 bits per heavy atom. The molecule has 7 heteroatoms. The van der Waals surface area contributed by atoms with Gasteiger partial charge in [-0.2, -0.15) is 5.26 Å². The van der Waals surface area contributed by atoms with Crippen LogP contribution in [0.2, 0.25) is 0 Å². The SMILES string of the molecule is CC(C)(C)n1c(-c2cc(C#N)ccc2F)nc2cc(-c3cnc(N)nc3)ccc21. The second kappa shape index (κ2) is 6.67. The molecule has 0 fully saturated rings. The van der Waals surface area contributed by atoms with Gasteiger partial charge in [0.25, 0.3) is 0 Å². The van der Waals surface area contributed by atoms with E-state index in [1.807, 2.05) is 43.5 Å². The van der Waals surface area contributed by atoms with Crippen molar-refractivity contribution >= 4 is 17.0 Å². The third kappa shape index (κ3) is 3.29. The van der Waals surface area contributed by atoms with Gasteiger partial charge >= 0.3 is 0 Å².